The van der Waals surface area contributed by atoms with Crippen molar-refractivity contribution in [1.82, 2.24) is 15.2 Å². The Morgan fingerprint density at radius 1 is 1.28 bits per heavy atom. The molecule has 2 bridgehead atoms. The molecule has 3 atom stereocenters. The number of benzene rings is 1. The highest BCUT2D eigenvalue weighted by atomic mass is 127. The summed E-state index contributed by atoms with van der Waals surface area (Å²) in [5, 5.41) is 12.3. The normalized spacial score (nSPS) is 23.7. The average Bonchev–Trinajstić information content (AvgIpc) is 3.04. The summed E-state index contributed by atoms with van der Waals surface area (Å²) >= 11 is 4.99. The zero-order chi connectivity index (χ0) is 22.8. The molecule has 1 amide bonds. The molecule has 172 valence electrons. The molecule has 2 aromatic rings. The summed E-state index contributed by atoms with van der Waals surface area (Å²) in [6, 6.07) is 7.23. The number of rotatable bonds is 7. The number of hydrogen-bond donors (Lipinski definition) is 2. The van der Waals surface area contributed by atoms with Crippen LogP contribution in [-0.4, -0.2) is 52.2 Å². The van der Waals surface area contributed by atoms with Crippen LogP contribution >= 0.6 is 45.2 Å². The number of aromatic nitrogens is 1. The zero-order valence-corrected chi connectivity index (χ0v) is 22.7. The van der Waals surface area contributed by atoms with Crippen LogP contribution in [0.25, 0.3) is 0 Å². The van der Waals surface area contributed by atoms with Crippen molar-refractivity contribution in [3.8, 4) is 5.75 Å². The summed E-state index contributed by atoms with van der Waals surface area (Å²) in [4.78, 5) is 19.5. The highest BCUT2D eigenvalue weighted by Crippen LogP contribution is 2.46. The second-order valence-corrected chi connectivity index (χ2v) is 11.0. The van der Waals surface area contributed by atoms with E-state index in [4.69, 9.17) is 9.84 Å². The molecule has 0 spiro atoms. The van der Waals surface area contributed by atoms with Crippen molar-refractivity contribution < 1.29 is 14.6 Å². The van der Waals surface area contributed by atoms with Gasteiger partial charge in [0.15, 0.2) is 0 Å². The van der Waals surface area contributed by atoms with Crippen molar-refractivity contribution in [2.24, 2.45) is 0 Å². The van der Waals surface area contributed by atoms with Crippen molar-refractivity contribution >= 4 is 51.1 Å². The van der Waals surface area contributed by atoms with E-state index >= 15 is 0 Å². The first kappa shape index (κ1) is 24.2. The van der Waals surface area contributed by atoms with E-state index < -0.39 is 0 Å². The molecule has 4 rings (SSSR count). The molecular weight excluding hydrogens is 632 g/mol. The van der Waals surface area contributed by atoms with Crippen molar-refractivity contribution in [3.05, 3.63) is 56.4 Å². The minimum Gasteiger partial charge on any atom is -0.491 e. The number of nitrogens with zero attached hydrogens (tertiary/aromatic N) is 2. The van der Waals surface area contributed by atoms with Gasteiger partial charge in [-0.3, -0.25) is 14.7 Å². The number of pyridine rings is 1. The lowest BCUT2D eigenvalue weighted by molar-refractivity contribution is 0.0831. The van der Waals surface area contributed by atoms with E-state index in [2.05, 4.69) is 73.4 Å². The third-order valence-electron chi connectivity index (χ3n) is 6.50. The van der Waals surface area contributed by atoms with Gasteiger partial charge in [-0.15, -0.1) is 0 Å². The second kappa shape index (κ2) is 10.5. The van der Waals surface area contributed by atoms with Crippen LogP contribution in [-0.2, 0) is 0 Å². The van der Waals surface area contributed by atoms with Gasteiger partial charge < -0.3 is 15.2 Å². The van der Waals surface area contributed by atoms with Gasteiger partial charge in [0.25, 0.3) is 5.91 Å². The van der Waals surface area contributed by atoms with E-state index in [0.717, 1.165) is 29.7 Å². The molecule has 1 aromatic carbocycles. The molecule has 1 aromatic heterocycles. The number of nitrogens with one attached hydrogen (secondary N) is 1. The van der Waals surface area contributed by atoms with E-state index in [1.807, 2.05) is 19.1 Å². The number of aryl methyl sites for hydroxylation is 1. The van der Waals surface area contributed by atoms with E-state index in [-0.39, 0.29) is 22.6 Å². The van der Waals surface area contributed by atoms with E-state index in [1.165, 1.54) is 22.0 Å². The summed E-state index contributed by atoms with van der Waals surface area (Å²) in [5.41, 5.74) is 4.07. The first-order chi connectivity index (χ1) is 15.4. The first-order valence-electron chi connectivity index (χ1n) is 11.1. The minimum atomic E-state index is -0.0197. The number of alkyl halides is 1. The van der Waals surface area contributed by atoms with Crippen LogP contribution in [0.2, 0.25) is 0 Å². The maximum atomic E-state index is 12.7. The second-order valence-electron chi connectivity index (χ2n) is 8.72. The molecule has 0 radical (unpaired) electrons. The third kappa shape index (κ3) is 5.07. The van der Waals surface area contributed by atoms with E-state index in [9.17, 15) is 4.79 Å². The number of fused-ring (bicyclic) bond motifs is 2. The van der Waals surface area contributed by atoms with Gasteiger partial charge in [-0.05, 0) is 85.4 Å². The van der Waals surface area contributed by atoms with Crippen LogP contribution in [0.3, 0.4) is 0 Å². The summed E-state index contributed by atoms with van der Waals surface area (Å²) in [6.07, 6.45) is 7.73. The Morgan fingerprint density at radius 2 is 2.00 bits per heavy atom. The number of halogens is 2. The van der Waals surface area contributed by atoms with Crippen LogP contribution in [0.15, 0.2) is 30.6 Å². The summed E-state index contributed by atoms with van der Waals surface area (Å²) in [6.45, 7) is 4.36. The van der Waals surface area contributed by atoms with Crippen LogP contribution in [0.4, 0.5) is 0 Å². The lowest BCUT2D eigenvalue weighted by Crippen LogP contribution is -2.50. The summed E-state index contributed by atoms with van der Waals surface area (Å²) < 4.78 is 7.18. The number of aliphatic hydroxyl groups excluding tert-OH is 1. The smallest absolute Gasteiger partial charge is 0.253 e. The number of aliphatic hydroxyl groups is 1. The Labute approximate surface area is 216 Å². The molecular formula is C24H29I2N3O3. The molecule has 3 heterocycles. The number of carbonyl (C=O) groups excluding carboxylic acids is 1. The standard InChI is InChI=1S/C24H29I2N3O3/c1-14-9-16(13-27-12-14)24(31)28-17-10-18-3-4-19(11-17)29(18)23(26)20-5-6-21(32-8-7-30)15(2)22(20)25/h5-6,9,12-13,17-19,23,30H,3-4,7-8,10-11H2,1-2H3,(H,28,31). The van der Waals surface area contributed by atoms with E-state index in [1.54, 1.807) is 12.4 Å². The molecule has 2 aliphatic heterocycles. The highest BCUT2D eigenvalue weighted by molar-refractivity contribution is 14.1. The maximum Gasteiger partial charge on any atom is 0.253 e. The summed E-state index contributed by atoms with van der Waals surface area (Å²) in [7, 11) is 0. The van der Waals surface area contributed by atoms with Gasteiger partial charge in [-0.25, -0.2) is 0 Å². The van der Waals surface area contributed by atoms with Crippen LogP contribution in [0, 0.1) is 17.4 Å². The van der Waals surface area contributed by atoms with Crippen molar-refractivity contribution in [2.45, 2.75) is 61.7 Å². The molecule has 2 saturated heterocycles. The Balaban J connectivity index is 1.45. The molecule has 32 heavy (non-hydrogen) atoms. The number of amides is 1. The predicted octanol–water partition coefficient (Wildman–Crippen LogP) is 4.53. The van der Waals surface area contributed by atoms with Gasteiger partial charge >= 0.3 is 0 Å². The fourth-order valence-electron chi connectivity index (χ4n) is 4.99. The SMILES string of the molecule is Cc1cncc(C(=O)NC2CC3CCC(C2)N3C(I)c2ccc(OCCO)c(C)c2I)c1. The first-order valence-corrected chi connectivity index (χ1v) is 13.4. The molecule has 2 aliphatic rings. The van der Waals surface area contributed by atoms with Crippen LogP contribution in [0.5, 0.6) is 5.75 Å². The number of piperidine rings is 1. The topological polar surface area (TPSA) is 74.7 Å². The Kier molecular flexibility index (Phi) is 7.94. The van der Waals surface area contributed by atoms with Crippen LogP contribution < -0.4 is 10.1 Å². The van der Waals surface area contributed by atoms with Crippen molar-refractivity contribution in [2.75, 3.05) is 13.2 Å². The number of hydrogen-bond acceptors (Lipinski definition) is 5. The fourth-order valence-corrected chi connectivity index (χ4v) is 7.76. The number of ether oxygens (including phenoxy) is 1. The van der Waals surface area contributed by atoms with Crippen molar-refractivity contribution in [3.63, 3.8) is 0 Å². The monoisotopic (exact) mass is 661 g/mol. The average molecular weight is 661 g/mol. The fraction of sp³-hybridized carbons (Fsp3) is 0.500. The van der Waals surface area contributed by atoms with Gasteiger partial charge in [-0.1, -0.05) is 28.7 Å². The van der Waals surface area contributed by atoms with Crippen molar-refractivity contribution in [1.29, 1.82) is 0 Å². The lowest BCUT2D eigenvalue weighted by Gasteiger charge is -2.42. The molecule has 6 nitrogen and oxygen atoms in total. The molecule has 0 saturated carbocycles. The molecule has 8 heteroatoms. The highest BCUT2D eigenvalue weighted by Gasteiger charge is 2.44. The predicted molar refractivity (Wildman–Crippen MR) is 141 cm³/mol. The maximum absolute atomic E-state index is 12.7. The minimum absolute atomic E-state index is 0.0158. The quantitative estimate of drug-likeness (QED) is 0.259. The van der Waals surface area contributed by atoms with Gasteiger partial charge in [0.1, 0.15) is 12.4 Å². The molecule has 2 fully saturated rings. The number of carbonyl (C=O) groups is 1. The third-order valence-corrected chi connectivity index (χ3v) is 9.24. The summed E-state index contributed by atoms with van der Waals surface area (Å²) in [5.74, 6) is 0.819. The molecule has 0 aliphatic carbocycles. The zero-order valence-electron chi connectivity index (χ0n) is 18.4. The van der Waals surface area contributed by atoms with Crippen LogP contribution in [0.1, 0.15) is 56.8 Å². The molecule has 2 N–H and O–H groups in total. The van der Waals surface area contributed by atoms with E-state index in [0.29, 0.717) is 24.3 Å². The van der Waals surface area contributed by atoms with Gasteiger partial charge in [0.2, 0.25) is 0 Å². The van der Waals surface area contributed by atoms with Gasteiger partial charge in [0.05, 0.1) is 16.2 Å². The Bertz CT molecular complexity index is 973. The van der Waals surface area contributed by atoms with Gasteiger partial charge in [0, 0.05) is 39.7 Å². The Morgan fingerprint density at radius 3 is 2.66 bits per heavy atom. The molecule has 3 unspecified atom stereocenters. The van der Waals surface area contributed by atoms with Gasteiger partial charge in [-0.2, -0.15) is 0 Å². The Hall–Kier alpha value is -0.980. The lowest BCUT2D eigenvalue weighted by atomic mass is 9.96. The largest absolute Gasteiger partial charge is 0.491 e.